The van der Waals surface area contributed by atoms with Crippen LogP contribution in [0.2, 0.25) is 0 Å². The molecule has 0 aromatic heterocycles. The summed E-state index contributed by atoms with van der Waals surface area (Å²) in [5.41, 5.74) is 0. The third kappa shape index (κ3) is 18.2. The monoisotopic (exact) mass is 228 g/mol. The van der Waals surface area contributed by atoms with Gasteiger partial charge < -0.3 is 23.9 Å². The molecule has 0 aliphatic carbocycles. The SMILES string of the molecule is [Br-].[CH2-]C/C=C\CCCCC.[Mg+2]. The smallest absolute Gasteiger partial charge is 1.00 e. The standard InChI is InChI=1S/C9H17.BrH.Mg/c1-3-5-7-9-8-6-4-2;;/h5,7H,1,3-4,6,8-9H2,2H3;1H;/q-1;;+2/p-1/b7-5-;;. The van der Waals surface area contributed by atoms with Crippen molar-refractivity contribution in [1.82, 2.24) is 0 Å². The molecule has 0 N–H and O–H groups in total. The summed E-state index contributed by atoms with van der Waals surface area (Å²) in [6, 6.07) is 0. The van der Waals surface area contributed by atoms with Crippen LogP contribution in [-0.2, 0) is 0 Å². The zero-order valence-electron chi connectivity index (χ0n) is 7.48. The summed E-state index contributed by atoms with van der Waals surface area (Å²) in [7, 11) is 0. The molecule has 0 radical (unpaired) electrons. The molecule has 62 valence electrons. The van der Waals surface area contributed by atoms with E-state index in [0.29, 0.717) is 0 Å². The summed E-state index contributed by atoms with van der Waals surface area (Å²) in [4.78, 5) is 0. The molecule has 0 heterocycles. The number of unbranched alkanes of at least 4 members (excludes halogenated alkanes) is 3. The molecule has 0 atom stereocenters. The zero-order valence-corrected chi connectivity index (χ0v) is 10.5. The van der Waals surface area contributed by atoms with Crippen molar-refractivity contribution in [2.24, 2.45) is 0 Å². The van der Waals surface area contributed by atoms with E-state index in [2.05, 4.69) is 26.0 Å². The molecule has 0 aliphatic rings. The van der Waals surface area contributed by atoms with Gasteiger partial charge in [0, 0.05) is 0 Å². The average molecular weight is 229 g/mol. The molecule has 0 aromatic carbocycles. The minimum absolute atomic E-state index is 0. The fourth-order valence-electron chi connectivity index (χ4n) is 0.748. The van der Waals surface area contributed by atoms with E-state index in [0.717, 1.165) is 6.42 Å². The average Bonchev–Trinajstić information content (AvgIpc) is 1.89. The Morgan fingerprint density at radius 3 is 2.27 bits per heavy atom. The molecular formula is C9H17BrMg. The fraction of sp³-hybridized carbons (Fsp3) is 0.667. The Bertz CT molecular complexity index is 72.0. The maximum Gasteiger partial charge on any atom is 2.00 e. The van der Waals surface area contributed by atoms with E-state index < -0.39 is 0 Å². The molecule has 0 unspecified atom stereocenters. The van der Waals surface area contributed by atoms with Crippen LogP contribution in [0.1, 0.15) is 39.0 Å². The van der Waals surface area contributed by atoms with Gasteiger partial charge in [0.1, 0.15) is 0 Å². The Hall–Kier alpha value is 0.986. The van der Waals surface area contributed by atoms with E-state index in [1.54, 1.807) is 0 Å². The van der Waals surface area contributed by atoms with E-state index in [9.17, 15) is 0 Å². The first kappa shape index (κ1) is 17.9. The quantitative estimate of drug-likeness (QED) is 0.269. The van der Waals surface area contributed by atoms with Crippen LogP contribution in [0.25, 0.3) is 0 Å². The normalized spacial score (nSPS) is 8.91. The van der Waals surface area contributed by atoms with Crippen LogP contribution in [0.3, 0.4) is 0 Å². The molecule has 0 rings (SSSR count). The fourth-order valence-corrected chi connectivity index (χ4v) is 0.748. The Morgan fingerprint density at radius 1 is 1.18 bits per heavy atom. The van der Waals surface area contributed by atoms with Crippen LogP contribution in [0.15, 0.2) is 12.2 Å². The van der Waals surface area contributed by atoms with E-state index in [1.165, 1.54) is 25.7 Å². The van der Waals surface area contributed by atoms with Gasteiger partial charge in [-0.2, -0.15) is 6.42 Å². The van der Waals surface area contributed by atoms with E-state index in [4.69, 9.17) is 0 Å². The van der Waals surface area contributed by atoms with Crippen LogP contribution < -0.4 is 17.0 Å². The number of halogens is 1. The first-order valence-electron chi connectivity index (χ1n) is 3.86. The van der Waals surface area contributed by atoms with Gasteiger partial charge in [-0.05, 0) is 12.8 Å². The van der Waals surface area contributed by atoms with E-state index in [-0.39, 0.29) is 40.0 Å². The molecule has 0 fully saturated rings. The molecule has 11 heavy (non-hydrogen) atoms. The van der Waals surface area contributed by atoms with Gasteiger partial charge >= 0.3 is 23.1 Å². The molecule has 0 aliphatic heterocycles. The van der Waals surface area contributed by atoms with Crippen molar-refractivity contribution in [1.29, 1.82) is 0 Å². The number of hydrogen-bond acceptors (Lipinski definition) is 0. The van der Waals surface area contributed by atoms with Crippen LogP contribution in [0, 0.1) is 6.92 Å². The zero-order chi connectivity index (χ0) is 6.95. The predicted molar refractivity (Wildman–Crippen MR) is 49.0 cm³/mol. The molecular weight excluding hydrogens is 212 g/mol. The molecule has 0 saturated carbocycles. The number of hydrogen-bond donors (Lipinski definition) is 0. The third-order valence-corrected chi connectivity index (χ3v) is 1.31. The Balaban J connectivity index is -0.000000320. The molecule has 0 saturated heterocycles. The van der Waals surface area contributed by atoms with E-state index in [1.807, 2.05) is 0 Å². The Kier molecular flexibility index (Phi) is 28.0. The van der Waals surface area contributed by atoms with Gasteiger partial charge in [-0.1, -0.05) is 25.8 Å². The van der Waals surface area contributed by atoms with Gasteiger partial charge in [-0.3, -0.25) is 0 Å². The topological polar surface area (TPSA) is 0 Å². The Morgan fingerprint density at radius 2 is 1.82 bits per heavy atom. The largest absolute Gasteiger partial charge is 2.00 e. The summed E-state index contributed by atoms with van der Waals surface area (Å²) in [5, 5.41) is 0. The van der Waals surface area contributed by atoms with Crippen LogP contribution in [0.5, 0.6) is 0 Å². The van der Waals surface area contributed by atoms with E-state index >= 15 is 0 Å². The van der Waals surface area contributed by atoms with Crippen molar-refractivity contribution in [3.8, 4) is 0 Å². The molecule has 0 aromatic rings. The second kappa shape index (κ2) is 17.2. The van der Waals surface area contributed by atoms with Crippen molar-refractivity contribution in [2.45, 2.75) is 39.0 Å². The summed E-state index contributed by atoms with van der Waals surface area (Å²) in [6.45, 7) is 5.94. The maximum absolute atomic E-state index is 3.72. The van der Waals surface area contributed by atoms with Crippen molar-refractivity contribution in [3.05, 3.63) is 19.1 Å². The molecule has 2 heteroatoms. The Labute approximate surface area is 97.8 Å². The van der Waals surface area contributed by atoms with Gasteiger partial charge in [0.05, 0.1) is 0 Å². The second-order valence-corrected chi connectivity index (χ2v) is 2.26. The van der Waals surface area contributed by atoms with Crippen molar-refractivity contribution in [2.75, 3.05) is 0 Å². The predicted octanol–water partition coefficient (Wildman–Crippen LogP) is -0.0297. The summed E-state index contributed by atoms with van der Waals surface area (Å²) in [5.74, 6) is 0. The molecule has 0 spiro atoms. The molecule has 0 amide bonds. The van der Waals surface area contributed by atoms with Gasteiger partial charge in [-0.25, -0.2) is 0 Å². The summed E-state index contributed by atoms with van der Waals surface area (Å²) < 4.78 is 0. The first-order chi connectivity index (χ1) is 4.41. The van der Waals surface area contributed by atoms with Gasteiger partial charge in [-0.15, -0.1) is 6.08 Å². The van der Waals surface area contributed by atoms with Crippen LogP contribution >= 0.6 is 0 Å². The second-order valence-electron chi connectivity index (χ2n) is 2.26. The minimum atomic E-state index is 0. The summed E-state index contributed by atoms with van der Waals surface area (Å²) in [6.07, 6.45) is 10.6. The third-order valence-electron chi connectivity index (χ3n) is 1.31. The number of rotatable bonds is 5. The number of allylic oxidation sites excluding steroid dienone is 2. The van der Waals surface area contributed by atoms with Crippen molar-refractivity contribution >= 4 is 23.1 Å². The van der Waals surface area contributed by atoms with Crippen LogP contribution in [-0.4, -0.2) is 23.1 Å². The molecule has 0 bridgehead atoms. The first-order valence-corrected chi connectivity index (χ1v) is 3.86. The minimum Gasteiger partial charge on any atom is -1.00 e. The van der Waals surface area contributed by atoms with Gasteiger partial charge in [0.15, 0.2) is 0 Å². The van der Waals surface area contributed by atoms with Crippen molar-refractivity contribution in [3.63, 3.8) is 0 Å². The molecule has 0 nitrogen and oxygen atoms in total. The van der Waals surface area contributed by atoms with Gasteiger partial charge in [0.25, 0.3) is 0 Å². The van der Waals surface area contributed by atoms with Crippen LogP contribution in [0.4, 0.5) is 0 Å². The summed E-state index contributed by atoms with van der Waals surface area (Å²) >= 11 is 0. The van der Waals surface area contributed by atoms with Gasteiger partial charge in [0.2, 0.25) is 0 Å². The van der Waals surface area contributed by atoms with Crippen molar-refractivity contribution < 1.29 is 17.0 Å². The maximum atomic E-state index is 3.72.